The number of carbonyl (C=O) groups is 4. The summed E-state index contributed by atoms with van der Waals surface area (Å²) in [6, 6.07) is 7.38. The standard InChI is InChI=1S/C19H24N4O4/c1-12-4-6-13(7-5-12)19(27)23-10-2-3-14(11-23)16(24)21-22-18(26)17(25)20-15-8-9-15/h4-7,14-15H,2-3,8-11H2,1H3,(H,20,25)(H,21,24)(H,22,26). The van der Waals surface area contributed by atoms with Crippen molar-refractivity contribution in [3.8, 4) is 0 Å². The largest absolute Gasteiger partial charge is 0.345 e. The molecule has 0 radical (unpaired) electrons. The fourth-order valence-electron chi connectivity index (χ4n) is 3.01. The number of hydrazine groups is 1. The van der Waals surface area contributed by atoms with E-state index in [-0.39, 0.29) is 18.5 Å². The number of hydrogen-bond acceptors (Lipinski definition) is 4. The van der Waals surface area contributed by atoms with Gasteiger partial charge >= 0.3 is 11.8 Å². The van der Waals surface area contributed by atoms with Crippen molar-refractivity contribution in [2.75, 3.05) is 13.1 Å². The lowest BCUT2D eigenvalue weighted by Crippen LogP contribution is -2.53. The van der Waals surface area contributed by atoms with Crippen molar-refractivity contribution in [3.63, 3.8) is 0 Å². The van der Waals surface area contributed by atoms with Crippen LogP contribution in [0.1, 0.15) is 41.6 Å². The van der Waals surface area contributed by atoms with E-state index in [1.54, 1.807) is 17.0 Å². The van der Waals surface area contributed by atoms with E-state index in [0.29, 0.717) is 24.9 Å². The number of nitrogens with zero attached hydrogens (tertiary/aromatic N) is 1. The summed E-state index contributed by atoms with van der Waals surface area (Å²) in [7, 11) is 0. The summed E-state index contributed by atoms with van der Waals surface area (Å²) in [6.07, 6.45) is 3.07. The third kappa shape index (κ3) is 5.06. The van der Waals surface area contributed by atoms with Crippen LogP contribution in [0, 0.1) is 12.8 Å². The van der Waals surface area contributed by atoms with Gasteiger partial charge in [-0.2, -0.15) is 0 Å². The monoisotopic (exact) mass is 372 g/mol. The second-order valence-electron chi connectivity index (χ2n) is 7.15. The Labute approximate surface area is 157 Å². The van der Waals surface area contributed by atoms with Gasteiger partial charge in [0.25, 0.3) is 5.91 Å². The van der Waals surface area contributed by atoms with E-state index in [4.69, 9.17) is 0 Å². The Bertz CT molecular complexity index is 743. The Morgan fingerprint density at radius 1 is 0.963 bits per heavy atom. The zero-order valence-electron chi connectivity index (χ0n) is 15.3. The summed E-state index contributed by atoms with van der Waals surface area (Å²) in [4.78, 5) is 49.8. The highest BCUT2D eigenvalue weighted by atomic mass is 16.2. The molecule has 1 unspecified atom stereocenters. The zero-order chi connectivity index (χ0) is 19.4. The van der Waals surface area contributed by atoms with E-state index in [1.165, 1.54) is 0 Å². The molecule has 8 nitrogen and oxygen atoms in total. The Morgan fingerprint density at radius 2 is 1.67 bits per heavy atom. The molecule has 0 bridgehead atoms. The van der Waals surface area contributed by atoms with Gasteiger partial charge in [0, 0.05) is 24.7 Å². The van der Waals surface area contributed by atoms with Gasteiger partial charge in [-0.1, -0.05) is 17.7 Å². The molecule has 8 heteroatoms. The van der Waals surface area contributed by atoms with Crippen LogP contribution in [0.25, 0.3) is 0 Å². The highest BCUT2D eigenvalue weighted by Crippen LogP contribution is 2.19. The van der Waals surface area contributed by atoms with E-state index >= 15 is 0 Å². The molecule has 0 spiro atoms. The van der Waals surface area contributed by atoms with Crippen molar-refractivity contribution >= 4 is 23.6 Å². The molecule has 1 aliphatic carbocycles. The lowest BCUT2D eigenvalue weighted by molar-refractivity contribution is -0.141. The van der Waals surface area contributed by atoms with Crippen molar-refractivity contribution in [2.24, 2.45) is 5.92 Å². The average Bonchev–Trinajstić information content (AvgIpc) is 3.50. The molecule has 4 amide bonds. The van der Waals surface area contributed by atoms with Crippen LogP contribution >= 0.6 is 0 Å². The van der Waals surface area contributed by atoms with Gasteiger partial charge in [-0.15, -0.1) is 0 Å². The first-order valence-corrected chi connectivity index (χ1v) is 9.20. The van der Waals surface area contributed by atoms with Crippen LogP contribution in [0.3, 0.4) is 0 Å². The van der Waals surface area contributed by atoms with Gasteiger partial charge in [-0.25, -0.2) is 0 Å². The Kier molecular flexibility index (Phi) is 5.73. The van der Waals surface area contributed by atoms with Crippen molar-refractivity contribution in [3.05, 3.63) is 35.4 Å². The van der Waals surface area contributed by atoms with Gasteiger partial charge < -0.3 is 10.2 Å². The molecule has 144 valence electrons. The summed E-state index contributed by atoms with van der Waals surface area (Å²) in [5.41, 5.74) is 6.10. The first kappa shape index (κ1) is 18.9. The second-order valence-corrected chi connectivity index (χ2v) is 7.15. The maximum Gasteiger partial charge on any atom is 0.327 e. The molecule has 1 aliphatic heterocycles. The highest BCUT2D eigenvalue weighted by molar-refractivity contribution is 6.35. The van der Waals surface area contributed by atoms with Gasteiger partial charge in [-0.3, -0.25) is 30.0 Å². The third-order valence-corrected chi connectivity index (χ3v) is 4.80. The number of piperidine rings is 1. The van der Waals surface area contributed by atoms with E-state index in [0.717, 1.165) is 18.4 Å². The molecule has 3 rings (SSSR count). The summed E-state index contributed by atoms with van der Waals surface area (Å²) >= 11 is 0. The van der Waals surface area contributed by atoms with Crippen molar-refractivity contribution in [1.29, 1.82) is 0 Å². The van der Waals surface area contributed by atoms with Gasteiger partial charge in [0.2, 0.25) is 5.91 Å². The Morgan fingerprint density at radius 3 is 2.33 bits per heavy atom. The number of carbonyl (C=O) groups excluding carboxylic acids is 4. The number of aryl methyl sites for hydroxylation is 1. The zero-order valence-corrected chi connectivity index (χ0v) is 15.3. The molecule has 1 saturated carbocycles. The molecule has 1 atom stereocenters. The summed E-state index contributed by atoms with van der Waals surface area (Å²) in [6.45, 7) is 2.82. The van der Waals surface area contributed by atoms with E-state index in [2.05, 4.69) is 16.2 Å². The summed E-state index contributed by atoms with van der Waals surface area (Å²) < 4.78 is 0. The van der Waals surface area contributed by atoms with Crippen LogP contribution in [0.2, 0.25) is 0 Å². The minimum atomic E-state index is -0.890. The maximum absolute atomic E-state index is 12.6. The van der Waals surface area contributed by atoms with Crippen LogP contribution < -0.4 is 16.2 Å². The fraction of sp³-hybridized carbons (Fsp3) is 0.474. The Balaban J connectivity index is 1.49. The number of hydrogen-bond donors (Lipinski definition) is 3. The number of benzene rings is 1. The molecule has 27 heavy (non-hydrogen) atoms. The number of nitrogens with one attached hydrogen (secondary N) is 3. The minimum Gasteiger partial charge on any atom is -0.345 e. The van der Waals surface area contributed by atoms with Crippen LogP contribution in [-0.2, 0) is 14.4 Å². The predicted octanol–water partition coefficient (Wildman–Crippen LogP) is 0.273. The first-order chi connectivity index (χ1) is 12.9. The molecule has 1 saturated heterocycles. The molecule has 1 aromatic carbocycles. The number of amides is 4. The third-order valence-electron chi connectivity index (χ3n) is 4.80. The van der Waals surface area contributed by atoms with Gasteiger partial charge in [0.1, 0.15) is 0 Å². The van der Waals surface area contributed by atoms with E-state index in [9.17, 15) is 19.2 Å². The van der Waals surface area contributed by atoms with Gasteiger partial charge in [-0.05, 0) is 44.7 Å². The normalized spacial score (nSPS) is 19.1. The summed E-state index contributed by atoms with van der Waals surface area (Å²) in [5, 5.41) is 2.55. The minimum absolute atomic E-state index is 0.0682. The van der Waals surface area contributed by atoms with E-state index in [1.807, 2.05) is 19.1 Å². The van der Waals surface area contributed by atoms with E-state index < -0.39 is 23.6 Å². The Hall–Kier alpha value is -2.90. The lowest BCUT2D eigenvalue weighted by Gasteiger charge is -2.32. The first-order valence-electron chi connectivity index (χ1n) is 9.20. The molecule has 1 heterocycles. The second kappa shape index (κ2) is 8.20. The SMILES string of the molecule is Cc1ccc(C(=O)N2CCCC(C(=O)NNC(=O)C(=O)NC3CC3)C2)cc1. The molecule has 2 fully saturated rings. The van der Waals surface area contributed by atoms with Crippen molar-refractivity contribution in [2.45, 2.75) is 38.6 Å². The molecule has 2 aliphatic rings. The highest BCUT2D eigenvalue weighted by Gasteiger charge is 2.30. The average molecular weight is 372 g/mol. The number of likely N-dealkylation sites (tertiary alicyclic amines) is 1. The molecule has 0 aromatic heterocycles. The molecular formula is C19H24N4O4. The van der Waals surface area contributed by atoms with Crippen LogP contribution in [0.5, 0.6) is 0 Å². The van der Waals surface area contributed by atoms with Crippen LogP contribution in [-0.4, -0.2) is 47.7 Å². The van der Waals surface area contributed by atoms with Crippen molar-refractivity contribution < 1.29 is 19.2 Å². The maximum atomic E-state index is 12.6. The fourth-order valence-corrected chi connectivity index (χ4v) is 3.01. The summed E-state index contributed by atoms with van der Waals surface area (Å²) in [5.74, 6) is -2.58. The molecule has 1 aromatic rings. The van der Waals surface area contributed by atoms with Crippen LogP contribution in [0.15, 0.2) is 24.3 Å². The smallest absolute Gasteiger partial charge is 0.327 e. The predicted molar refractivity (Wildman–Crippen MR) is 97.3 cm³/mol. The molecular weight excluding hydrogens is 348 g/mol. The van der Waals surface area contributed by atoms with Crippen LogP contribution in [0.4, 0.5) is 0 Å². The van der Waals surface area contributed by atoms with Crippen molar-refractivity contribution in [1.82, 2.24) is 21.1 Å². The van der Waals surface area contributed by atoms with Gasteiger partial charge in [0.05, 0.1) is 5.92 Å². The van der Waals surface area contributed by atoms with Gasteiger partial charge in [0.15, 0.2) is 0 Å². The molecule has 3 N–H and O–H groups in total. The lowest BCUT2D eigenvalue weighted by atomic mass is 9.96. The number of rotatable bonds is 3. The quantitative estimate of drug-likeness (QED) is 0.523. The topological polar surface area (TPSA) is 108 Å².